The molecular formula is C19H22N2O5. The average molecular weight is 358 g/mol. The number of carbonyl (C=O) groups is 1. The second kappa shape index (κ2) is 8.33. The summed E-state index contributed by atoms with van der Waals surface area (Å²) in [5.41, 5.74) is 3.21. The highest BCUT2D eigenvalue weighted by molar-refractivity contribution is 5.78. The number of nitrogens with one attached hydrogen (secondary N) is 1. The van der Waals surface area contributed by atoms with E-state index in [1.165, 1.54) is 30.9 Å². The van der Waals surface area contributed by atoms with Crippen molar-refractivity contribution in [1.29, 1.82) is 0 Å². The molecule has 0 aliphatic heterocycles. The van der Waals surface area contributed by atoms with Gasteiger partial charge < -0.3 is 14.8 Å². The van der Waals surface area contributed by atoms with Crippen LogP contribution in [0.3, 0.4) is 0 Å². The van der Waals surface area contributed by atoms with Crippen LogP contribution in [0.1, 0.15) is 29.7 Å². The molecule has 0 heterocycles. The zero-order valence-electron chi connectivity index (χ0n) is 15.2. The van der Waals surface area contributed by atoms with Crippen molar-refractivity contribution in [1.82, 2.24) is 5.32 Å². The van der Waals surface area contributed by atoms with Crippen LogP contribution in [0.4, 0.5) is 5.69 Å². The third-order valence-corrected chi connectivity index (χ3v) is 4.13. The highest BCUT2D eigenvalue weighted by atomic mass is 16.6. The van der Waals surface area contributed by atoms with E-state index < -0.39 is 4.92 Å². The van der Waals surface area contributed by atoms with E-state index in [0.29, 0.717) is 5.75 Å². The van der Waals surface area contributed by atoms with Crippen LogP contribution in [0, 0.1) is 24.0 Å². The van der Waals surface area contributed by atoms with E-state index in [2.05, 4.69) is 5.32 Å². The standard InChI is InChI=1S/C19H22N2O5/c1-12-5-6-15(9-13(12)2)14(3)20-19(22)11-26-16-7-8-17(21(23)24)18(10-16)25-4/h5-10,14H,11H2,1-4H3,(H,20,22). The molecule has 0 bridgehead atoms. The SMILES string of the molecule is COc1cc(OCC(=O)NC(C)c2ccc(C)c(C)c2)ccc1[N+](=O)[O-]. The minimum Gasteiger partial charge on any atom is -0.490 e. The Morgan fingerprint density at radius 3 is 2.54 bits per heavy atom. The lowest BCUT2D eigenvalue weighted by molar-refractivity contribution is -0.385. The van der Waals surface area contributed by atoms with Crippen LogP contribution in [0.15, 0.2) is 36.4 Å². The average Bonchev–Trinajstić information content (AvgIpc) is 2.61. The summed E-state index contributed by atoms with van der Waals surface area (Å²) < 4.78 is 10.4. The lowest BCUT2D eigenvalue weighted by atomic mass is 10.0. The molecule has 138 valence electrons. The van der Waals surface area contributed by atoms with Crippen LogP contribution in [0.25, 0.3) is 0 Å². The molecule has 1 unspecified atom stereocenters. The summed E-state index contributed by atoms with van der Waals surface area (Å²) in [6.45, 7) is 5.76. The molecule has 1 amide bonds. The topological polar surface area (TPSA) is 90.7 Å². The summed E-state index contributed by atoms with van der Waals surface area (Å²) in [6, 6.07) is 9.99. The summed E-state index contributed by atoms with van der Waals surface area (Å²) in [5.74, 6) is 0.117. The smallest absolute Gasteiger partial charge is 0.311 e. The molecular weight excluding hydrogens is 336 g/mol. The molecule has 2 rings (SSSR count). The van der Waals surface area contributed by atoms with Crippen molar-refractivity contribution >= 4 is 11.6 Å². The van der Waals surface area contributed by atoms with Gasteiger partial charge in [0, 0.05) is 12.1 Å². The van der Waals surface area contributed by atoms with Gasteiger partial charge in [0.25, 0.3) is 5.91 Å². The summed E-state index contributed by atoms with van der Waals surface area (Å²) in [6.07, 6.45) is 0. The number of methoxy groups -OCH3 is 1. The molecule has 0 radical (unpaired) electrons. The van der Waals surface area contributed by atoms with E-state index in [-0.39, 0.29) is 30.0 Å². The quantitative estimate of drug-likeness (QED) is 0.604. The van der Waals surface area contributed by atoms with Gasteiger partial charge in [-0.1, -0.05) is 18.2 Å². The number of rotatable bonds is 7. The Morgan fingerprint density at radius 2 is 1.92 bits per heavy atom. The first kappa shape index (κ1) is 19.2. The molecule has 0 aromatic heterocycles. The van der Waals surface area contributed by atoms with Gasteiger partial charge in [-0.25, -0.2) is 0 Å². The molecule has 0 saturated carbocycles. The fourth-order valence-electron chi connectivity index (χ4n) is 2.45. The number of hydrogen-bond acceptors (Lipinski definition) is 5. The van der Waals surface area contributed by atoms with Crippen molar-refractivity contribution in [3.05, 3.63) is 63.2 Å². The monoisotopic (exact) mass is 358 g/mol. The zero-order chi connectivity index (χ0) is 19.3. The predicted molar refractivity (Wildman–Crippen MR) is 97.6 cm³/mol. The third-order valence-electron chi connectivity index (χ3n) is 4.13. The van der Waals surface area contributed by atoms with Crippen molar-refractivity contribution in [2.24, 2.45) is 0 Å². The number of hydrogen-bond donors (Lipinski definition) is 1. The van der Waals surface area contributed by atoms with E-state index in [1.54, 1.807) is 0 Å². The van der Waals surface area contributed by atoms with Crippen LogP contribution >= 0.6 is 0 Å². The Labute approximate surface area is 152 Å². The van der Waals surface area contributed by atoms with Crippen molar-refractivity contribution < 1.29 is 19.2 Å². The fourth-order valence-corrected chi connectivity index (χ4v) is 2.45. The molecule has 7 nitrogen and oxygen atoms in total. The number of nitro benzene ring substituents is 1. The van der Waals surface area contributed by atoms with Crippen molar-refractivity contribution in [3.63, 3.8) is 0 Å². The number of nitrogens with zero attached hydrogens (tertiary/aromatic N) is 1. The van der Waals surface area contributed by atoms with Gasteiger partial charge in [0.2, 0.25) is 5.75 Å². The van der Waals surface area contributed by atoms with Gasteiger partial charge in [0.1, 0.15) is 5.75 Å². The first-order valence-corrected chi connectivity index (χ1v) is 8.13. The molecule has 2 aromatic carbocycles. The highest BCUT2D eigenvalue weighted by Gasteiger charge is 2.16. The highest BCUT2D eigenvalue weighted by Crippen LogP contribution is 2.30. The Hall–Kier alpha value is -3.09. The van der Waals surface area contributed by atoms with Gasteiger partial charge in [-0.05, 0) is 43.5 Å². The number of carbonyl (C=O) groups excluding carboxylic acids is 1. The first-order chi connectivity index (χ1) is 12.3. The minimum absolute atomic E-state index is 0.0800. The summed E-state index contributed by atoms with van der Waals surface area (Å²) in [5, 5.41) is 13.7. The predicted octanol–water partition coefficient (Wildman–Crippen LogP) is 3.48. The molecule has 0 saturated heterocycles. The number of nitro groups is 1. The molecule has 0 spiro atoms. The largest absolute Gasteiger partial charge is 0.490 e. The second-order valence-electron chi connectivity index (χ2n) is 6.01. The van der Waals surface area contributed by atoms with Crippen LogP contribution in [-0.2, 0) is 4.79 Å². The summed E-state index contributed by atoms with van der Waals surface area (Å²) >= 11 is 0. The maximum absolute atomic E-state index is 12.1. The lowest BCUT2D eigenvalue weighted by Gasteiger charge is -2.16. The van der Waals surface area contributed by atoms with Crippen molar-refractivity contribution in [2.75, 3.05) is 13.7 Å². The van der Waals surface area contributed by atoms with E-state index in [4.69, 9.17) is 9.47 Å². The zero-order valence-corrected chi connectivity index (χ0v) is 15.2. The molecule has 0 aliphatic carbocycles. The van der Waals surface area contributed by atoms with Gasteiger partial charge in [-0.2, -0.15) is 0 Å². The van der Waals surface area contributed by atoms with E-state index in [1.807, 2.05) is 39.0 Å². The van der Waals surface area contributed by atoms with E-state index in [0.717, 1.165) is 11.1 Å². The molecule has 2 aromatic rings. The maximum Gasteiger partial charge on any atom is 0.311 e. The molecule has 7 heteroatoms. The van der Waals surface area contributed by atoms with Gasteiger partial charge in [0.05, 0.1) is 18.1 Å². The van der Waals surface area contributed by atoms with E-state index in [9.17, 15) is 14.9 Å². The van der Waals surface area contributed by atoms with Crippen molar-refractivity contribution in [2.45, 2.75) is 26.8 Å². The molecule has 1 atom stereocenters. The summed E-state index contributed by atoms with van der Waals surface area (Å²) in [7, 11) is 1.34. The van der Waals surface area contributed by atoms with Crippen LogP contribution in [0.5, 0.6) is 11.5 Å². The van der Waals surface area contributed by atoms with Crippen LogP contribution in [-0.4, -0.2) is 24.5 Å². The lowest BCUT2D eigenvalue weighted by Crippen LogP contribution is -2.31. The minimum atomic E-state index is -0.541. The molecule has 26 heavy (non-hydrogen) atoms. The summed E-state index contributed by atoms with van der Waals surface area (Å²) in [4.78, 5) is 22.4. The number of amides is 1. The Bertz CT molecular complexity index is 820. The fraction of sp³-hybridized carbons (Fsp3) is 0.316. The van der Waals surface area contributed by atoms with Crippen LogP contribution < -0.4 is 14.8 Å². The van der Waals surface area contributed by atoms with Gasteiger partial charge in [0.15, 0.2) is 6.61 Å². The maximum atomic E-state index is 12.1. The number of benzene rings is 2. The number of aryl methyl sites for hydroxylation is 2. The van der Waals surface area contributed by atoms with Gasteiger partial charge in [-0.15, -0.1) is 0 Å². The molecule has 1 N–H and O–H groups in total. The Balaban J connectivity index is 1.96. The van der Waals surface area contributed by atoms with Gasteiger partial charge >= 0.3 is 5.69 Å². The third kappa shape index (κ3) is 4.72. The normalized spacial score (nSPS) is 11.5. The number of ether oxygens (including phenoxy) is 2. The Morgan fingerprint density at radius 1 is 1.19 bits per heavy atom. The second-order valence-corrected chi connectivity index (χ2v) is 6.01. The molecule has 0 aliphatic rings. The van der Waals surface area contributed by atoms with Gasteiger partial charge in [-0.3, -0.25) is 14.9 Å². The Kier molecular flexibility index (Phi) is 6.16. The van der Waals surface area contributed by atoms with Crippen LogP contribution in [0.2, 0.25) is 0 Å². The molecule has 0 fully saturated rings. The van der Waals surface area contributed by atoms with E-state index >= 15 is 0 Å². The first-order valence-electron chi connectivity index (χ1n) is 8.13. The van der Waals surface area contributed by atoms with Crippen molar-refractivity contribution in [3.8, 4) is 11.5 Å².